The Kier molecular flexibility index (Phi) is 11.0. The van der Waals surface area contributed by atoms with Gasteiger partial charge >= 0.3 is 208 Å². The van der Waals surface area contributed by atoms with E-state index in [2.05, 4.69) is 3.07 Å². The van der Waals surface area contributed by atoms with Crippen LogP contribution in [-0.2, 0) is 3.07 Å². The van der Waals surface area contributed by atoms with E-state index in [1.54, 1.807) is 0 Å². The van der Waals surface area contributed by atoms with Gasteiger partial charge in [-0.2, -0.15) is 0 Å². The zero-order valence-corrected chi connectivity index (χ0v) is 21.4. The molecule has 39 heavy (non-hydrogen) atoms. The molecular weight excluding hydrogens is 726 g/mol. The third-order valence-electron chi connectivity index (χ3n) is 4.98. The molecule has 0 N–H and O–H groups in total. The number of hydrogen-bond acceptors (Lipinski definition) is 1. The van der Waals surface area contributed by atoms with Crippen LogP contribution in [0.3, 0.4) is 0 Å². The Balaban J connectivity index is 7.39. The molecule has 0 amide bonds. The van der Waals surface area contributed by atoms with Gasteiger partial charge in [-0.05, 0) is 0 Å². The van der Waals surface area contributed by atoms with Crippen LogP contribution in [0.25, 0.3) is 0 Å². The molecule has 23 heteroatoms. The van der Waals surface area contributed by atoms with Gasteiger partial charge in [-0.3, -0.25) is 0 Å². The summed E-state index contributed by atoms with van der Waals surface area (Å²) in [6.07, 6.45) is -23.3. The van der Waals surface area contributed by atoms with Gasteiger partial charge in [0.1, 0.15) is 0 Å². The van der Waals surface area contributed by atoms with Crippen molar-refractivity contribution in [3.63, 3.8) is 0 Å². The van der Waals surface area contributed by atoms with Gasteiger partial charge in [0.25, 0.3) is 0 Å². The van der Waals surface area contributed by atoms with Crippen LogP contribution in [-0.4, -0.2) is 79.5 Å². The van der Waals surface area contributed by atoms with Crippen molar-refractivity contribution in [2.24, 2.45) is 0 Å². The Hall–Kier alpha value is -0.711. The van der Waals surface area contributed by atoms with Crippen molar-refractivity contribution in [3.05, 3.63) is 0 Å². The first kappa shape index (κ1) is 38.3. The van der Waals surface area contributed by atoms with Gasteiger partial charge in [0.15, 0.2) is 0 Å². The SMILES string of the molecule is CCCC[O][Sn]([CH2]C(F)(F)C(F)(F)C(F)(F)F)([CH2]C(F)(F)C(F)(F)C(F)(F)F)[CH2]C(F)(F)C(F)(F)C(F)(F)F. The molecule has 0 spiro atoms. The number of alkyl halides is 21. The molecule has 0 heterocycles. The quantitative estimate of drug-likeness (QED) is 0.104. The topological polar surface area (TPSA) is 9.23 Å². The van der Waals surface area contributed by atoms with E-state index in [1.807, 2.05) is 0 Å². The second-order valence-electron chi connectivity index (χ2n) is 8.25. The van der Waals surface area contributed by atoms with Crippen molar-refractivity contribution in [3.8, 4) is 0 Å². The number of halogens is 21. The summed E-state index contributed by atoms with van der Waals surface area (Å²) in [7, 11) is 0. The first-order valence-electron chi connectivity index (χ1n) is 9.79. The van der Waals surface area contributed by atoms with Crippen molar-refractivity contribution < 1.29 is 95.3 Å². The summed E-state index contributed by atoms with van der Waals surface area (Å²) in [6.45, 7) is -0.576. The predicted octanol–water partition coefficient (Wildman–Crippen LogP) is 9.25. The summed E-state index contributed by atoms with van der Waals surface area (Å²) in [5.74, 6) is -43.4. The average molecular weight is 741 g/mol. The summed E-state index contributed by atoms with van der Waals surface area (Å²) < 4.78 is 270. The summed E-state index contributed by atoms with van der Waals surface area (Å²) >= 11 is -8.56. The van der Waals surface area contributed by atoms with Crippen molar-refractivity contribution in [1.82, 2.24) is 0 Å². The standard InChI is InChI=1S/3C4H2F7.C4H9O.Sn/c3*1-2(5,6)3(7,8)4(9,10)11;1-2-3-4-5;/h3*1H2;2-4H2,1H3;/q;;;-1;+1. The third kappa shape index (κ3) is 7.77. The van der Waals surface area contributed by atoms with E-state index in [9.17, 15) is 92.2 Å². The first-order valence-corrected chi connectivity index (χ1v) is 17.0. The Labute approximate surface area is 208 Å². The zero-order valence-electron chi connectivity index (χ0n) is 18.6. The van der Waals surface area contributed by atoms with E-state index in [-0.39, 0.29) is 6.42 Å². The van der Waals surface area contributed by atoms with Crippen LogP contribution in [0.4, 0.5) is 92.2 Å². The Morgan fingerprint density at radius 1 is 0.436 bits per heavy atom. The van der Waals surface area contributed by atoms with Gasteiger partial charge in [0.2, 0.25) is 0 Å². The Bertz CT molecular complexity index is 710. The fourth-order valence-electron chi connectivity index (χ4n) is 2.94. The number of rotatable bonds is 13. The van der Waals surface area contributed by atoms with Gasteiger partial charge in [0.05, 0.1) is 0 Å². The maximum atomic E-state index is 14.1. The van der Waals surface area contributed by atoms with Crippen LogP contribution in [0.2, 0.25) is 13.3 Å². The van der Waals surface area contributed by atoms with E-state index in [0.717, 1.165) is 6.92 Å². The van der Waals surface area contributed by atoms with E-state index < -0.39 is 99.2 Å². The molecule has 0 aromatic carbocycles. The maximum absolute atomic E-state index is 14.1. The van der Waals surface area contributed by atoms with Crippen molar-refractivity contribution in [1.29, 1.82) is 0 Å². The number of unbranched alkanes of at least 4 members (excludes halogenated alkanes) is 1. The van der Waals surface area contributed by atoms with Gasteiger partial charge in [-0.15, -0.1) is 0 Å². The minimum absolute atomic E-state index is 0.346. The molecule has 0 rings (SSSR count). The molecule has 1 nitrogen and oxygen atoms in total. The molecule has 0 aliphatic heterocycles. The van der Waals surface area contributed by atoms with Crippen LogP contribution in [0.5, 0.6) is 0 Å². The van der Waals surface area contributed by atoms with Crippen molar-refractivity contribution in [2.75, 3.05) is 6.61 Å². The van der Waals surface area contributed by atoms with Crippen LogP contribution in [0, 0.1) is 0 Å². The van der Waals surface area contributed by atoms with Crippen LogP contribution in [0.1, 0.15) is 19.8 Å². The number of hydrogen-bond donors (Lipinski definition) is 0. The van der Waals surface area contributed by atoms with Gasteiger partial charge in [-0.25, -0.2) is 0 Å². The van der Waals surface area contributed by atoms with Crippen molar-refractivity contribution >= 4 is 18.8 Å². The molecule has 0 atom stereocenters. The molecular formula is C16H15F21OSn. The molecule has 0 aliphatic carbocycles. The van der Waals surface area contributed by atoms with Crippen LogP contribution >= 0.6 is 0 Å². The van der Waals surface area contributed by atoms with E-state index in [4.69, 9.17) is 0 Å². The van der Waals surface area contributed by atoms with Gasteiger partial charge < -0.3 is 0 Å². The fourth-order valence-corrected chi connectivity index (χ4v) is 15.4. The molecule has 0 radical (unpaired) electrons. The molecule has 0 aromatic rings. The van der Waals surface area contributed by atoms with Gasteiger partial charge in [0, 0.05) is 0 Å². The second kappa shape index (κ2) is 11.2. The molecule has 0 unspecified atom stereocenters. The molecule has 0 saturated heterocycles. The first-order chi connectivity index (χ1) is 16.7. The zero-order chi connectivity index (χ0) is 31.9. The fraction of sp³-hybridized carbons (Fsp3) is 1.00. The molecule has 0 fully saturated rings. The molecule has 236 valence electrons. The van der Waals surface area contributed by atoms with Gasteiger partial charge in [-0.1, -0.05) is 0 Å². The molecule has 0 aliphatic rings. The average Bonchev–Trinajstić information content (AvgIpc) is 2.63. The Morgan fingerprint density at radius 2 is 0.667 bits per heavy atom. The normalized spacial score (nSPS) is 16.2. The predicted molar refractivity (Wildman–Crippen MR) is 88.9 cm³/mol. The monoisotopic (exact) mass is 742 g/mol. The van der Waals surface area contributed by atoms with Crippen LogP contribution < -0.4 is 0 Å². The van der Waals surface area contributed by atoms with Crippen molar-refractivity contribution in [2.45, 2.75) is 87.1 Å². The molecule has 0 aromatic heterocycles. The van der Waals surface area contributed by atoms with Crippen LogP contribution in [0.15, 0.2) is 0 Å². The van der Waals surface area contributed by atoms with E-state index in [1.165, 1.54) is 0 Å². The second-order valence-corrected chi connectivity index (χ2v) is 18.8. The molecule has 0 saturated carbocycles. The molecule has 0 bridgehead atoms. The summed E-state index contributed by atoms with van der Waals surface area (Å²) in [5, 5.41) is 0. The van der Waals surface area contributed by atoms with E-state index in [0.29, 0.717) is 0 Å². The summed E-state index contributed by atoms with van der Waals surface area (Å²) in [4.78, 5) is 0. The minimum atomic E-state index is -8.56. The Morgan fingerprint density at radius 3 is 0.846 bits per heavy atom. The summed E-state index contributed by atoms with van der Waals surface area (Å²) in [6, 6.07) is 0. The third-order valence-corrected chi connectivity index (χ3v) is 16.6. The van der Waals surface area contributed by atoms with E-state index >= 15 is 0 Å². The summed E-state index contributed by atoms with van der Waals surface area (Å²) in [5.41, 5.74) is 0.